The molecule has 0 spiro atoms. The van der Waals surface area contributed by atoms with E-state index in [1.807, 2.05) is 19.9 Å². The lowest BCUT2D eigenvalue weighted by molar-refractivity contribution is 0.286. The Kier molecular flexibility index (Phi) is 5.85. The number of halogens is 2. The molecule has 0 saturated heterocycles. The van der Waals surface area contributed by atoms with Crippen LogP contribution in [0.5, 0.6) is 11.5 Å². The molecule has 0 bridgehead atoms. The van der Waals surface area contributed by atoms with Gasteiger partial charge in [-0.1, -0.05) is 31.9 Å². The minimum absolute atomic E-state index is 0.135. The molecule has 3 rings (SSSR count). The molecule has 128 valence electrons. The minimum atomic E-state index is 0.135. The van der Waals surface area contributed by atoms with Crippen molar-refractivity contribution in [1.29, 1.82) is 0 Å². The Morgan fingerprint density at radius 3 is 2.42 bits per heavy atom. The molecule has 1 heterocycles. The van der Waals surface area contributed by atoms with E-state index in [0.717, 1.165) is 33.4 Å². The molecule has 1 aliphatic heterocycles. The second-order valence-electron chi connectivity index (χ2n) is 5.67. The Labute approximate surface area is 160 Å². The van der Waals surface area contributed by atoms with Crippen molar-refractivity contribution in [2.24, 2.45) is 0 Å². The van der Waals surface area contributed by atoms with E-state index in [-0.39, 0.29) is 6.04 Å². The van der Waals surface area contributed by atoms with Crippen molar-refractivity contribution in [3.63, 3.8) is 0 Å². The van der Waals surface area contributed by atoms with Crippen LogP contribution in [0.3, 0.4) is 0 Å². The van der Waals surface area contributed by atoms with Crippen LogP contribution in [0.4, 0.5) is 0 Å². The van der Waals surface area contributed by atoms with E-state index < -0.39 is 0 Å². The number of rotatable bonds is 5. The summed E-state index contributed by atoms with van der Waals surface area (Å²) in [6, 6.07) is 10.7. The molecule has 5 heteroatoms. The van der Waals surface area contributed by atoms with Crippen molar-refractivity contribution in [2.75, 3.05) is 19.8 Å². The molecule has 0 aromatic heterocycles. The van der Waals surface area contributed by atoms with Crippen molar-refractivity contribution < 1.29 is 9.47 Å². The van der Waals surface area contributed by atoms with E-state index in [1.54, 1.807) is 0 Å². The molecule has 0 fully saturated rings. The number of benzene rings is 2. The molecule has 0 amide bonds. The molecule has 0 saturated carbocycles. The van der Waals surface area contributed by atoms with Gasteiger partial charge in [0.1, 0.15) is 0 Å². The summed E-state index contributed by atoms with van der Waals surface area (Å²) in [6.45, 7) is 6.19. The monoisotopic (exact) mass is 453 g/mol. The fraction of sp³-hybridized carbons (Fsp3) is 0.368. The normalized spacial score (nSPS) is 16.6. The lowest BCUT2D eigenvalue weighted by Gasteiger charge is -2.29. The van der Waals surface area contributed by atoms with Gasteiger partial charge in [0.25, 0.3) is 0 Å². The maximum absolute atomic E-state index is 5.82. The van der Waals surface area contributed by atoms with Gasteiger partial charge in [0.2, 0.25) is 0 Å². The molecule has 3 nitrogen and oxygen atoms in total. The molecule has 1 atom stereocenters. The third-order valence-electron chi connectivity index (χ3n) is 4.13. The van der Waals surface area contributed by atoms with E-state index in [9.17, 15) is 0 Å². The van der Waals surface area contributed by atoms with Gasteiger partial charge in [0.05, 0.1) is 19.3 Å². The van der Waals surface area contributed by atoms with Crippen molar-refractivity contribution >= 4 is 31.9 Å². The van der Waals surface area contributed by atoms with Crippen LogP contribution in [0.1, 0.15) is 36.6 Å². The zero-order valence-electron chi connectivity index (χ0n) is 13.9. The van der Waals surface area contributed by atoms with Crippen molar-refractivity contribution in [2.45, 2.75) is 26.3 Å². The highest BCUT2D eigenvalue weighted by Crippen LogP contribution is 2.40. The summed E-state index contributed by atoms with van der Waals surface area (Å²) >= 11 is 7.27. The predicted molar refractivity (Wildman–Crippen MR) is 104 cm³/mol. The summed E-state index contributed by atoms with van der Waals surface area (Å²) in [6.07, 6.45) is 0.990. The van der Waals surface area contributed by atoms with Gasteiger partial charge in [-0.2, -0.15) is 0 Å². The lowest BCUT2D eigenvalue weighted by atomic mass is 9.89. The van der Waals surface area contributed by atoms with E-state index in [2.05, 4.69) is 61.4 Å². The molecule has 2 aromatic rings. The van der Waals surface area contributed by atoms with Gasteiger partial charge in [0.15, 0.2) is 11.5 Å². The molecular weight excluding hydrogens is 434 g/mol. The summed E-state index contributed by atoms with van der Waals surface area (Å²) in [5, 5.41) is 3.63. The lowest BCUT2D eigenvalue weighted by Crippen LogP contribution is -2.31. The number of ether oxygens (including phenoxy) is 2. The molecule has 2 aromatic carbocycles. The zero-order valence-corrected chi connectivity index (χ0v) is 17.0. The average Bonchev–Trinajstić information content (AvgIpc) is 2.57. The van der Waals surface area contributed by atoms with Crippen LogP contribution < -0.4 is 14.8 Å². The second kappa shape index (κ2) is 7.89. The van der Waals surface area contributed by atoms with Gasteiger partial charge in [0, 0.05) is 15.5 Å². The van der Waals surface area contributed by atoms with Gasteiger partial charge in [-0.25, -0.2) is 0 Å². The van der Waals surface area contributed by atoms with Crippen LogP contribution in [-0.4, -0.2) is 19.8 Å². The Balaban J connectivity index is 2.09. The SMILES string of the molecule is CCOc1cc2c(cc1OCC)C(c1cc(Br)ccc1Br)NCC2. The molecular formula is C19H21Br2NO2. The third kappa shape index (κ3) is 3.63. The topological polar surface area (TPSA) is 30.5 Å². The molecule has 1 N–H and O–H groups in total. The van der Waals surface area contributed by atoms with Crippen LogP contribution in [0, 0.1) is 0 Å². The van der Waals surface area contributed by atoms with Gasteiger partial charge >= 0.3 is 0 Å². The predicted octanol–water partition coefficient (Wildman–Crippen LogP) is 5.24. The largest absolute Gasteiger partial charge is 0.490 e. The Morgan fingerprint density at radius 2 is 1.71 bits per heavy atom. The fourth-order valence-corrected chi connectivity index (χ4v) is 3.97. The summed E-state index contributed by atoms with van der Waals surface area (Å²) in [4.78, 5) is 0. The van der Waals surface area contributed by atoms with E-state index in [0.29, 0.717) is 13.2 Å². The summed E-state index contributed by atoms with van der Waals surface area (Å²) in [5.74, 6) is 1.66. The fourth-order valence-electron chi connectivity index (χ4n) is 3.11. The molecule has 1 unspecified atom stereocenters. The van der Waals surface area contributed by atoms with Gasteiger partial charge in [-0.3, -0.25) is 0 Å². The Morgan fingerprint density at radius 1 is 1.00 bits per heavy atom. The Hall–Kier alpha value is -1.04. The maximum Gasteiger partial charge on any atom is 0.161 e. The summed E-state index contributed by atoms with van der Waals surface area (Å²) in [5.41, 5.74) is 3.79. The van der Waals surface area contributed by atoms with Crippen LogP contribution in [0.25, 0.3) is 0 Å². The highest BCUT2D eigenvalue weighted by atomic mass is 79.9. The first kappa shape index (κ1) is 17.8. The number of hydrogen-bond donors (Lipinski definition) is 1. The highest BCUT2D eigenvalue weighted by Gasteiger charge is 2.25. The van der Waals surface area contributed by atoms with Gasteiger partial charge in [-0.15, -0.1) is 0 Å². The first-order chi connectivity index (χ1) is 11.6. The van der Waals surface area contributed by atoms with E-state index in [4.69, 9.17) is 9.47 Å². The van der Waals surface area contributed by atoms with Gasteiger partial charge < -0.3 is 14.8 Å². The third-order valence-corrected chi connectivity index (χ3v) is 5.34. The van der Waals surface area contributed by atoms with Crippen molar-refractivity contribution in [3.8, 4) is 11.5 Å². The first-order valence-corrected chi connectivity index (χ1v) is 9.83. The maximum atomic E-state index is 5.82. The first-order valence-electron chi connectivity index (χ1n) is 8.24. The van der Waals surface area contributed by atoms with Crippen LogP contribution in [0.2, 0.25) is 0 Å². The van der Waals surface area contributed by atoms with Crippen LogP contribution >= 0.6 is 31.9 Å². The Bertz CT molecular complexity index is 734. The van der Waals surface area contributed by atoms with E-state index >= 15 is 0 Å². The second-order valence-corrected chi connectivity index (χ2v) is 7.44. The number of nitrogens with one attached hydrogen (secondary N) is 1. The summed E-state index contributed by atoms with van der Waals surface area (Å²) in [7, 11) is 0. The van der Waals surface area contributed by atoms with Gasteiger partial charge in [-0.05, 0) is 67.3 Å². The van der Waals surface area contributed by atoms with Crippen molar-refractivity contribution in [3.05, 3.63) is 56.0 Å². The van der Waals surface area contributed by atoms with Crippen LogP contribution in [0.15, 0.2) is 39.3 Å². The zero-order chi connectivity index (χ0) is 17.1. The van der Waals surface area contributed by atoms with Crippen molar-refractivity contribution in [1.82, 2.24) is 5.32 Å². The average molecular weight is 455 g/mol. The summed E-state index contributed by atoms with van der Waals surface area (Å²) < 4.78 is 13.8. The highest BCUT2D eigenvalue weighted by molar-refractivity contribution is 9.11. The number of fused-ring (bicyclic) bond motifs is 1. The molecule has 0 radical (unpaired) electrons. The molecule has 1 aliphatic rings. The van der Waals surface area contributed by atoms with E-state index in [1.165, 1.54) is 16.7 Å². The standard InChI is InChI=1S/C19H21Br2NO2/c1-3-23-17-9-12-7-8-22-19(14(12)11-18(17)24-4-2)15-10-13(20)5-6-16(15)21/h5-6,9-11,19,22H,3-4,7-8H2,1-2H3. The minimum Gasteiger partial charge on any atom is -0.490 e. The molecule has 0 aliphatic carbocycles. The van der Waals surface area contributed by atoms with Crippen LogP contribution in [-0.2, 0) is 6.42 Å². The quantitative estimate of drug-likeness (QED) is 0.669. The number of hydrogen-bond acceptors (Lipinski definition) is 3. The molecule has 24 heavy (non-hydrogen) atoms. The smallest absolute Gasteiger partial charge is 0.161 e.